The molecule has 1 N–H and O–H groups in total. The number of hydrogen-bond acceptors (Lipinski definition) is 5. The van der Waals surface area contributed by atoms with Crippen LogP contribution in [0.3, 0.4) is 0 Å². The normalized spacial score (nSPS) is 18.0. The zero-order valence-corrected chi connectivity index (χ0v) is 19.0. The number of Topliss-reactive ketones (excluding diaryl/α,β-unsaturated/α-hetero) is 1. The maximum Gasteiger partial charge on any atom is 0.295 e. The second-order valence-corrected chi connectivity index (χ2v) is 8.03. The summed E-state index contributed by atoms with van der Waals surface area (Å²) >= 11 is 12.5. The Balaban J connectivity index is 2.18. The first-order chi connectivity index (χ1) is 14.8. The monoisotopic (exact) mass is 463 g/mol. The van der Waals surface area contributed by atoms with E-state index in [1.54, 1.807) is 57.5 Å². The molecule has 0 spiro atoms. The second kappa shape index (κ2) is 9.73. The number of benzene rings is 2. The third kappa shape index (κ3) is 4.56. The zero-order valence-electron chi connectivity index (χ0n) is 17.4. The number of ketones is 1. The van der Waals surface area contributed by atoms with Crippen LogP contribution in [0.5, 0.6) is 5.75 Å². The largest absolute Gasteiger partial charge is 0.507 e. The quantitative estimate of drug-likeness (QED) is 0.277. The van der Waals surface area contributed by atoms with Gasteiger partial charge in [0.25, 0.3) is 11.7 Å². The summed E-state index contributed by atoms with van der Waals surface area (Å²) in [4.78, 5) is 27.3. The minimum Gasteiger partial charge on any atom is -0.507 e. The van der Waals surface area contributed by atoms with E-state index in [2.05, 4.69) is 0 Å². The molecule has 6 nitrogen and oxygen atoms in total. The van der Waals surface area contributed by atoms with E-state index in [1.165, 1.54) is 4.90 Å². The fourth-order valence-electron chi connectivity index (χ4n) is 3.71. The van der Waals surface area contributed by atoms with E-state index in [1.807, 2.05) is 0 Å². The van der Waals surface area contributed by atoms with Gasteiger partial charge in [0.05, 0.1) is 18.7 Å². The number of likely N-dealkylation sites (tertiary alicyclic amines) is 1. The molecule has 0 aromatic heterocycles. The van der Waals surface area contributed by atoms with E-state index in [4.69, 9.17) is 32.7 Å². The molecule has 1 aliphatic rings. The summed E-state index contributed by atoms with van der Waals surface area (Å²) in [7, 11) is 3.11. The van der Waals surface area contributed by atoms with Crippen LogP contribution in [0.2, 0.25) is 10.0 Å². The fourth-order valence-corrected chi connectivity index (χ4v) is 4.22. The van der Waals surface area contributed by atoms with Gasteiger partial charge in [-0.3, -0.25) is 9.59 Å². The molecule has 1 amide bonds. The van der Waals surface area contributed by atoms with E-state index in [0.29, 0.717) is 45.5 Å². The third-order valence-corrected chi connectivity index (χ3v) is 5.80. The van der Waals surface area contributed by atoms with Crippen LogP contribution in [0, 0.1) is 6.92 Å². The summed E-state index contributed by atoms with van der Waals surface area (Å²) in [6, 6.07) is 9.09. The Kier molecular flexibility index (Phi) is 7.26. The summed E-state index contributed by atoms with van der Waals surface area (Å²) in [5.74, 6) is -1.10. The molecule has 0 radical (unpaired) electrons. The van der Waals surface area contributed by atoms with E-state index >= 15 is 0 Å². The molecule has 8 heteroatoms. The first-order valence-corrected chi connectivity index (χ1v) is 10.4. The molecule has 3 rings (SSSR count). The first kappa shape index (κ1) is 23.1. The van der Waals surface area contributed by atoms with Crippen LogP contribution in [-0.4, -0.2) is 49.1 Å². The molecule has 2 aromatic rings. The number of nitrogens with zero attached hydrogens (tertiary/aromatic N) is 1. The van der Waals surface area contributed by atoms with Crippen molar-refractivity contribution < 1.29 is 24.2 Å². The molecule has 0 unspecified atom stereocenters. The van der Waals surface area contributed by atoms with E-state index in [9.17, 15) is 14.7 Å². The molecule has 1 saturated heterocycles. The Morgan fingerprint density at radius 2 is 1.87 bits per heavy atom. The molecule has 1 aliphatic heterocycles. The van der Waals surface area contributed by atoms with Crippen LogP contribution >= 0.6 is 23.2 Å². The van der Waals surface area contributed by atoms with Crippen molar-refractivity contribution in [3.63, 3.8) is 0 Å². The highest BCUT2D eigenvalue weighted by atomic mass is 35.5. The van der Waals surface area contributed by atoms with Crippen molar-refractivity contribution in [2.75, 3.05) is 27.4 Å². The van der Waals surface area contributed by atoms with Gasteiger partial charge in [0, 0.05) is 35.9 Å². The Labute approximate surface area is 191 Å². The highest BCUT2D eigenvalue weighted by molar-refractivity contribution is 6.47. The van der Waals surface area contributed by atoms with E-state index < -0.39 is 17.7 Å². The standard InChI is InChI=1S/C23H23Cl2NO5/c1-13-11-15(31-3)6-8-16(13)21(27)19-20(17-7-5-14(24)12-18(17)25)26(9-4-10-30-2)23(29)22(19)28/h5-8,11-12,20,27H,4,9-10H2,1-3H3/t20-/m1/s1. The Hall–Kier alpha value is -2.54. The third-order valence-electron chi connectivity index (χ3n) is 5.23. The maximum absolute atomic E-state index is 13.0. The topological polar surface area (TPSA) is 76.1 Å². The molecule has 164 valence electrons. The number of carbonyl (C=O) groups excluding carboxylic acids is 2. The van der Waals surface area contributed by atoms with E-state index in [0.717, 1.165) is 0 Å². The number of aliphatic hydroxyl groups excluding tert-OH is 1. The van der Waals surface area contributed by atoms with Gasteiger partial charge in [-0.1, -0.05) is 29.3 Å². The van der Waals surface area contributed by atoms with Crippen molar-refractivity contribution in [3.05, 3.63) is 68.7 Å². The average Bonchev–Trinajstić information content (AvgIpc) is 2.98. The van der Waals surface area contributed by atoms with Crippen molar-refractivity contribution in [1.29, 1.82) is 0 Å². The smallest absolute Gasteiger partial charge is 0.295 e. The summed E-state index contributed by atoms with van der Waals surface area (Å²) in [6.07, 6.45) is 0.521. The van der Waals surface area contributed by atoms with Gasteiger partial charge in [0.1, 0.15) is 11.5 Å². The number of carbonyl (C=O) groups is 2. The van der Waals surface area contributed by atoms with Gasteiger partial charge < -0.3 is 19.5 Å². The van der Waals surface area contributed by atoms with Gasteiger partial charge in [0.15, 0.2) is 0 Å². The summed E-state index contributed by atoms with van der Waals surface area (Å²) in [5, 5.41) is 11.9. The van der Waals surface area contributed by atoms with E-state index in [-0.39, 0.29) is 17.9 Å². The maximum atomic E-state index is 13.0. The fraction of sp³-hybridized carbons (Fsp3) is 0.304. The van der Waals surface area contributed by atoms with Gasteiger partial charge >= 0.3 is 0 Å². The van der Waals surface area contributed by atoms with Gasteiger partial charge in [-0.05, 0) is 54.8 Å². The van der Waals surface area contributed by atoms with Crippen LogP contribution in [0.25, 0.3) is 5.76 Å². The van der Waals surface area contributed by atoms with Crippen molar-refractivity contribution in [2.45, 2.75) is 19.4 Å². The SMILES string of the molecule is COCCCN1C(=O)C(=O)C(=C(O)c2ccc(OC)cc2C)[C@H]1c1ccc(Cl)cc1Cl. The molecular formula is C23H23Cl2NO5. The summed E-state index contributed by atoms with van der Waals surface area (Å²) in [5.41, 5.74) is 1.63. The number of aliphatic hydroxyl groups is 1. The lowest BCUT2D eigenvalue weighted by atomic mass is 9.93. The molecule has 0 bridgehead atoms. The Bertz CT molecular complexity index is 1050. The highest BCUT2D eigenvalue weighted by Gasteiger charge is 2.46. The van der Waals surface area contributed by atoms with Gasteiger partial charge in [-0.2, -0.15) is 0 Å². The number of ether oxygens (including phenoxy) is 2. The van der Waals surface area contributed by atoms with Crippen LogP contribution in [-0.2, 0) is 14.3 Å². The van der Waals surface area contributed by atoms with Crippen LogP contribution in [0.4, 0.5) is 0 Å². The van der Waals surface area contributed by atoms with Crippen molar-refractivity contribution in [1.82, 2.24) is 4.90 Å². The van der Waals surface area contributed by atoms with Gasteiger partial charge in [0.2, 0.25) is 0 Å². The Morgan fingerprint density at radius 1 is 1.13 bits per heavy atom. The second-order valence-electron chi connectivity index (χ2n) is 7.19. The average molecular weight is 464 g/mol. The lowest BCUT2D eigenvalue weighted by Gasteiger charge is -2.26. The zero-order chi connectivity index (χ0) is 22.7. The molecule has 0 saturated carbocycles. The first-order valence-electron chi connectivity index (χ1n) is 9.67. The molecule has 1 heterocycles. The number of halogens is 2. The lowest BCUT2D eigenvalue weighted by Crippen LogP contribution is -2.31. The predicted molar refractivity (Wildman–Crippen MR) is 120 cm³/mol. The van der Waals surface area contributed by atoms with Gasteiger partial charge in [-0.15, -0.1) is 0 Å². The summed E-state index contributed by atoms with van der Waals surface area (Å²) < 4.78 is 10.3. The minimum absolute atomic E-state index is 0.0140. The van der Waals surface area contributed by atoms with Crippen LogP contribution in [0.15, 0.2) is 42.0 Å². The molecule has 31 heavy (non-hydrogen) atoms. The number of amides is 1. The number of rotatable bonds is 7. The predicted octanol–water partition coefficient (Wildman–Crippen LogP) is 4.77. The van der Waals surface area contributed by atoms with Crippen molar-refractivity contribution in [3.8, 4) is 5.75 Å². The summed E-state index contributed by atoms with van der Waals surface area (Å²) in [6.45, 7) is 2.47. The van der Waals surface area contributed by atoms with Crippen molar-refractivity contribution >= 4 is 40.7 Å². The lowest BCUT2D eigenvalue weighted by molar-refractivity contribution is -0.140. The molecule has 1 atom stereocenters. The highest BCUT2D eigenvalue weighted by Crippen LogP contribution is 2.43. The number of aryl methyl sites for hydroxylation is 1. The molecule has 1 fully saturated rings. The van der Waals surface area contributed by atoms with Crippen LogP contribution < -0.4 is 4.74 Å². The Morgan fingerprint density at radius 3 is 2.48 bits per heavy atom. The number of hydrogen-bond donors (Lipinski definition) is 1. The number of methoxy groups -OCH3 is 2. The molecule has 2 aromatic carbocycles. The molecule has 0 aliphatic carbocycles. The van der Waals surface area contributed by atoms with Gasteiger partial charge in [-0.25, -0.2) is 0 Å². The van der Waals surface area contributed by atoms with Crippen molar-refractivity contribution in [2.24, 2.45) is 0 Å². The van der Waals surface area contributed by atoms with Crippen LogP contribution in [0.1, 0.15) is 29.2 Å². The molecular weight excluding hydrogens is 441 g/mol. The minimum atomic E-state index is -0.844.